The van der Waals surface area contributed by atoms with E-state index in [-0.39, 0.29) is 22.8 Å². The first-order valence-electron chi connectivity index (χ1n) is 9.00. The number of rotatable bonds is 7. The molecule has 2 aliphatic carbocycles. The number of nitrogens with one attached hydrogen (secondary N) is 2. The van der Waals surface area contributed by atoms with E-state index in [2.05, 4.69) is 15.2 Å². The maximum atomic E-state index is 12.2. The fraction of sp³-hybridized carbons (Fsp3) is 0.368. The van der Waals surface area contributed by atoms with Gasteiger partial charge < -0.3 is 9.84 Å². The summed E-state index contributed by atoms with van der Waals surface area (Å²) in [6, 6.07) is 6.68. The fourth-order valence-corrected chi connectivity index (χ4v) is 3.95. The topological polar surface area (TPSA) is 101 Å². The zero-order valence-electron chi connectivity index (χ0n) is 14.9. The van der Waals surface area contributed by atoms with Crippen LogP contribution in [0.4, 0.5) is 5.69 Å². The zero-order valence-corrected chi connectivity index (χ0v) is 15.8. The summed E-state index contributed by atoms with van der Waals surface area (Å²) in [4.78, 5) is 12.2. The summed E-state index contributed by atoms with van der Waals surface area (Å²) >= 11 is 0. The van der Waals surface area contributed by atoms with E-state index in [0.29, 0.717) is 17.1 Å². The number of carbonyl (C=O) groups excluding carboxylic acids is 1. The fourth-order valence-electron chi connectivity index (χ4n) is 2.64. The van der Waals surface area contributed by atoms with E-state index in [0.717, 1.165) is 31.2 Å². The lowest BCUT2D eigenvalue weighted by Crippen LogP contribution is -2.25. The molecule has 0 spiro atoms. The van der Waals surface area contributed by atoms with Crippen LogP contribution in [0.1, 0.15) is 42.7 Å². The third kappa shape index (κ3) is 4.28. The zero-order chi connectivity index (χ0) is 19.0. The van der Waals surface area contributed by atoms with Crippen LogP contribution in [-0.4, -0.2) is 25.5 Å². The Hall–Kier alpha value is -2.45. The van der Waals surface area contributed by atoms with Crippen molar-refractivity contribution in [2.24, 2.45) is 5.92 Å². The maximum Gasteiger partial charge on any atom is 0.240 e. The first kappa shape index (κ1) is 17.9. The molecule has 1 aromatic carbocycles. The van der Waals surface area contributed by atoms with E-state index >= 15 is 0 Å². The van der Waals surface area contributed by atoms with E-state index < -0.39 is 10.0 Å². The van der Waals surface area contributed by atoms with Crippen molar-refractivity contribution in [1.29, 1.82) is 0 Å². The van der Waals surface area contributed by atoms with Gasteiger partial charge in [0, 0.05) is 12.0 Å². The Bertz CT molecular complexity index is 984. The van der Waals surface area contributed by atoms with Crippen molar-refractivity contribution >= 4 is 33.8 Å². The van der Waals surface area contributed by atoms with Crippen LogP contribution in [0.3, 0.4) is 0 Å². The summed E-state index contributed by atoms with van der Waals surface area (Å²) in [5, 5.41) is 6.79. The average Bonchev–Trinajstić information content (AvgIpc) is 3.55. The molecule has 1 aromatic heterocycles. The van der Waals surface area contributed by atoms with E-state index in [9.17, 15) is 13.2 Å². The second-order valence-corrected chi connectivity index (χ2v) is 8.78. The second kappa shape index (κ2) is 6.94. The summed E-state index contributed by atoms with van der Waals surface area (Å²) in [6.45, 7) is 1.77. The van der Waals surface area contributed by atoms with E-state index in [1.165, 1.54) is 0 Å². The van der Waals surface area contributed by atoms with E-state index in [4.69, 9.17) is 4.52 Å². The Morgan fingerprint density at radius 3 is 2.48 bits per heavy atom. The van der Waals surface area contributed by atoms with Crippen molar-refractivity contribution in [1.82, 2.24) is 9.88 Å². The second-order valence-electron chi connectivity index (χ2n) is 7.07. The molecule has 0 bridgehead atoms. The van der Waals surface area contributed by atoms with Crippen LogP contribution in [0.15, 0.2) is 33.7 Å². The van der Waals surface area contributed by atoms with Crippen LogP contribution >= 0.6 is 0 Å². The summed E-state index contributed by atoms with van der Waals surface area (Å²) in [6.07, 6.45) is 7.15. The number of aryl methyl sites for hydroxylation is 1. The highest BCUT2D eigenvalue weighted by atomic mass is 32.2. The Balaban J connectivity index is 1.47. The molecule has 0 aliphatic heterocycles. The number of hydrogen-bond donors (Lipinski definition) is 2. The largest absolute Gasteiger partial charge is 0.354 e. The molecule has 2 N–H and O–H groups in total. The lowest BCUT2D eigenvalue weighted by atomic mass is 10.2. The van der Waals surface area contributed by atoms with Gasteiger partial charge in [-0.3, -0.25) is 4.79 Å². The van der Waals surface area contributed by atoms with Gasteiger partial charge in [-0.05, 0) is 56.4 Å². The van der Waals surface area contributed by atoms with Crippen molar-refractivity contribution in [3.8, 4) is 0 Å². The van der Waals surface area contributed by atoms with Crippen LogP contribution < -0.4 is 10.0 Å². The highest BCUT2D eigenvalue weighted by Gasteiger charge is 2.31. The molecular weight excluding hydrogens is 366 g/mol. The molecule has 0 saturated heterocycles. The van der Waals surface area contributed by atoms with Gasteiger partial charge in [0.1, 0.15) is 11.4 Å². The van der Waals surface area contributed by atoms with Gasteiger partial charge in [-0.25, -0.2) is 13.1 Å². The van der Waals surface area contributed by atoms with E-state index in [1.807, 2.05) is 0 Å². The Morgan fingerprint density at radius 1 is 1.15 bits per heavy atom. The average molecular weight is 387 g/mol. The minimum atomic E-state index is -3.45. The molecule has 2 fully saturated rings. The number of sulfonamides is 1. The molecule has 4 rings (SSSR count). The van der Waals surface area contributed by atoms with Gasteiger partial charge in [0.05, 0.1) is 4.90 Å². The van der Waals surface area contributed by atoms with Gasteiger partial charge in [0.25, 0.3) is 0 Å². The smallest absolute Gasteiger partial charge is 0.240 e. The molecule has 27 heavy (non-hydrogen) atoms. The number of benzene rings is 1. The summed E-state index contributed by atoms with van der Waals surface area (Å²) in [7, 11) is -3.45. The molecule has 1 amide bonds. The molecule has 0 unspecified atom stereocenters. The quantitative estimate of drug-likeness (QED) is 0.761. The Labute approximate surface area is 157 Å². The number of nitrogens with zero attached hydrogens (tertiary/aromatic N) is 1. The molecule has 0 atom stereocenters. The van der Waals surface area contributed by atoms with Crippen molar-refractivity contribution in [2.75, 3.05) is 5.32 Å². The highest BCUT2D eigenvalue weighted by Crippen LogP contribution is 2.32. The Morgan fingerprint density at radius 2 is 1.85 bits per heavy atom. The normalized spacial score (nSPS) is 17.4. The van der Waals surface area contributed by atoms with Gasteiger partial charge in [-0.2, -0.15) is 0 Å². The van der Waals surface area contributed by atoms with Gasteiger partial charge in [0.2, 0.25) is 15.9 Å². The number of aromatic nitrogens is 1. The van der Waals surface area contributed by atoms with Crippen LogP contribution in [0, 0.1) is 12.8 Å². The minimum Gasteiger partial charge on any atom is -0.354 e. The molecule has 2 aliphatic rings. The lowest BCUT2D eigenvalue weighted by Gasteiger charge is -2.05. The third-order valence-corrected chi connectivity index (χ3v) is 6.14. The molecule has 0 radical (unpaired) electrons. The van der Waals surface area contributed by atoms with Gasteiger partial charge >= 0.3 is 0 Å². The van der Waals surface area contributed by atoms with Crippen molar-refractivity contribution < 1.29 is 17.7 Å². The first-order chi connectivity index (χ1) is 12.9. The minimum absolute atomic E-state index is 0.00586. The number of anilines is 1. The first-order valence-corrected chi connectivity index (χ1v) is 10.5. The van der Waals surface area contributed by atoms with Crippen LogP contribution in [0.5, 0.6) is 0 Å². The van der Waals surface area contributed by atoms with Gasteiger partial charge in [0.15, 0.2) is 5.76 Å². The van der Waals surface area contributed by atoms with Crippen LogP contribution in [0.2, 0.25) is 0 Å². The lowest BCUT2D eigenvalue weighted by molar-refractivity contribution is -0.117. The predicted molar refractivity (Wildman–Crippen MR) is 101 cm³/mol. The molecule has 8 heteroatoms. The van der Waals surface area contributed by atoms with E-state index in [1.54, 1.807) is 43.3 Å². The van der Waals surface area contributed by atoms with Gasteiger partial charge in [-0.15, -0.1) is 0 Å². The predicted octanol–water partition coefficient (Wildman–Crippen LogP) is 2.94. The van der Waals surface area contributed by atoms with Crippen molar-refractivity contribution in [3.63, 3.8) is 0 Å². The van der Waals surface area contributed by atoms with Crippen molar-refractivity contribution in [2.45, 2.75) is 43.5 Å². The summed E-state index contributed by atoms with van der Waals surface area (Å²) in [5.41, 5.74) is 2.01. The molecular formula is C19H21N3O4S. The molecule has 2 aromatic rings. The summed E-state index contributed by atoms with van der Waals surface area (Å²) in [5.74, 6) is 0.553. The number of carbonyl (C=O) groups is 1. The maximum absolute atomic E-state index is 12.2. The monoisotopic (exact) mass is 387 g/mol. The summed E-state index contributed by atoms with van der Waals surface area (Å²) < 4.78 is 32.3. The Kier molecular flexibility index (Phi) is 4.61. The van der Waals surface area contributed by atoms with Gasteiger partial charge in [-0.1, -0.05) is 23.4 Å². The third-order valence-electron chi connectivity index (χ3n) is 4.60. The van der Waals surface area contributed by atoms with Crippen LogP contribution in [0.25, 0.3) is 12.2 Å². The standard InChI is InChI=1S/C19H21N3O4S/c1-12-18(20-19(23)14-5-6-14)17(26-21-12)11-4-13-2-9-16(10-3-13)27(24,25)22-15-7-8-15/h2-4,9-11,14-15,22H,5-8H2,1H3,(H,20,23)/b11-4-. The molecule has 142 valence electrons. The highest BCUT2D eigenvalue weighted by molar-refractivity contribution is 7.89. The SMILES string of the molecule is Cc1noc(/C=C\c2ccc(S(=O)(=O)NC3CC3)cc2)c1NC(=O)C1CC1. The molecule has 1 heterocycles. The molecule has 7 nitrogen and oxygen atoms in total. The van der Waals surface area contributed by atoms with Crippen molar-refractivity contribution in [3.05, 3.63) is 41.3 Å². The van der Waals surface area contributed by atoms with Crippen LogP contribution in [-0.2, 0) is 14.8 Å². The number of amides is 1. The molecule has 2 saturated carbocycles. The number of hydrogen-bond acceptors (Lipinski definition) is 5.